The van der Waals surface area contributed by atoms with Gasteiger partial charge in [-0.3, -0.25) is 4.79 Å². The Hall–Kier alpha value is -0.850. The molecule has 0 aromatic rings. The van der Waals surface area contributed by atoms with Gasteiger partial charge < -0.3 is 0 Å². The van der Waals surface area contributed by atoms with Gasteiger partial charge in [0.25, 0.3) is 0 Å². The molecule has 0 saturated heterocycles. The van der Waals surface area contributed by atoms with E-state index >= 15 is 0 Å². The lowest BCUT2D eigenvalue weighted by Crippen LogP contribution is -2.34. The van der Waals surface area contributed by atoms with Crippen LogP contribution in [0.15, 0.2) is 23.3 Å². The molecule has 0 bridgehead atoms. The molecule has 1 nitrogen and oxygen atoms in total. The predicted octanol–water partition coefficient (Wildman–Crippen LogP) is 4.64. The van der Waals surface area contributed by atoms with Crippen molar-refractivity contribution in [3.8, 4) is 0 Å². The summed E-state index contributed by atoms with van der Waals surface area (Å²) in [6.07, 6.45) is 7.28. The Morgan fingerprint density at radius 3 is 2.57 bits per heavy atom. The average molecular weight is 284 g/mol. The molecule has 21 heavy (non-hydrogen) atoms. The van der Waals surface area contributed by atoms with E-state index in [1.165, 1.54) is 12.8 Å². The van der Waals surface area contributed by atoms with Crippen molar-refractivity contribution >= 4 is 5.78 Å². The lowest BCUT2D eigenvalue weighted by atomic mass is 9.65. The van der Waals surface area contributed by atoms with E-state index in [0.29, 0.717) is 29.0 Å². The standard InChI is InChI=1S/C20H28O/c1-10-6-14-13(8-12(3)19(14)21)17-11(2)9-16-18(15(17)7-10)20(16,4)5/h6,8,10-11,13,15-18H,7,9H2,1-5H3/t10-,11+,13+,15+,16+,17+,18-/m0/s1. The van der Waals surface area contributed by atoms with Gasteiger partial charge in [0, 0.05) is 11.5 Å². The number of hydrogen-bond acceptors (Lipinski definition) is 1. The molecule has 1 heteroatoms. The Morgan fingerprint density at radius 1 is 1.14 bits per heavy atom. The Bertz CT molecular complexity index is 564. The molecule has 4 rings (SSSR count). The minimum absolute atomic E-state index is 0.330. The molecule has 0 amide bonds. The van der Waals surface area contributed by atoms with Crippen molar-refractivity contribution in [3.63, 3.8) is 0 Å². The van der Waals surface area contributed by atoms with Crippen LogP contribution in [0.5, 0.6) is 0 Å². The Balaban J connectivity index is 1.77. The number of allylic oxidation sites excluding steroid dienone is 4. The summed E-state index contributed by atoms with van der Waals surface area (Å²) in [7, 11) is 0. The molecule has 2 saturated carbocycles. The van der Waals surface area contributed by atoms with Crippen LogP contribution in [0.4, 0.5) is 0 Å². The first-order chi connectivity index (χ1) is 9.82. The van der Waals surface area contributed by atoms with Crippen molar-refractivity contribution in [2.24, 2.45) is 46.8 Å². The fraction of sp³-hybridized carbons (Fsp3) is 0.750. The molecule has 0 aromatic heterocycles. The highest BCUT2D eigenvalue weighted by Gasteiger charge is 2.66. The molecule has 0 aromatic carbocycles. The quantitative estimate of drug-likeness (QED) is 0.633. The summed E-state index contributed by atoms with van der Waals surface area (Å²) in [5.74, 6) is 5.41. The molecule has 0 heterocycles. The molecule has 0 unspecified atom stereocenters. The van der Waals surface area contributed by atoms with Crippen molar-refractivity contribution in [3.05, 3.63) is 23.3 Å². The van der Waals surface area contributed by atoms with Crippen LogP contribution < -0.4 is 0 Å². The number of fused-ring (bicyclic) bond motifs is 5. The number of ketones is 1. The second kappa shape index (κ2) is 4.12. The zero-order chi connectivity index (χ0) is 15.1. The van der Waals surface area contributed by atoms with Gasteiger partial charge in [-0.25, -0.2) is 0 Å². The number of Topliss-reactive ketones (excluding diaryl/α,β-unsaturated/α-hetero) is 1. The van der Waals surface area contributed by atoms with E-state index in [2.05, 4.69) is 39.8 Å². The first-order valence-electron chi connectivity index (χ1n) is 8.77. The van der Waals surface area contributed by atoms with Gasteiger partial charge in [0.2, 0.25) is 0 Å². The van der Waals surface area contributed by atoms with Gasteiger partial charge in [-0.1, -0.05) is 39.8 Å². The predicted molar refractivity (Wildman–Crippen MR) is 85.6 cm³/mol. The molecule has 4 aliphatic carbocycles. The topological polar surface area (TPSA) is 17.1 Å². The molecule has 2 fully saturated rings. The summed E-state index contributed by atoms with van der Waals surface area (Å²) in [6.45, 7) is 11.7. The Labute approximate surface area is 128 Å². The van der Waals surface area contributed by atoms with Crippen LogP contribution in [0.25, 0.3) is 0 Å². The fourth-order valence-corrected chi connectivity index (χ4v) is 6.35. The van der Waals surface area contributed by atoms with Gasteiger partial charge in [0.1, 0.15) is 0 Å². The van der Waals surface area contributed by atoms with Crippen molar-refractivity contribution in [1.29, 1.82) is 0 Å². The van der Waals surface area contributed by atoms with Gasteiger partial charge in [0.15, 0.2) is 5.78 Å². The molecule has 114 valence electrons. The molecule has 0 aliphatic heterocycles. The van der Waals surface area contributed by atoms with E-state index < -0.39 is 0 Å². The summed E-state index contributed by atoms with van der Waals surface area (Å²) >= 11 is 0. The maximum atomic E-state index is 12.5. The SMILES string of the molecule is CC1=C[C@@H]2C(=C[C@H](C)C[C@@H]3[C@@H]2[C@H](C)C[C@@H]2[C@H]3C2(C)C)C1=O. The highest BCUT2D eigenvalue weighted by molar-refractivity contribution is 6.11. The number of rotatable bonds is 0. The van der Waals surface area contributed by atoms with Gasteiger partial charge >= 0.3 is 0 Å². The first-order valence-corrected chi connectivity index (χ1v) is 8.77. The molecular weight excluding hydrogens is 256 g/mol. The van der Waals surface area contributed by atoms with E-state index in [1.54, 1.807) is 0 Å². The lowest BCUT2D eigenvalue weighted by Gasteiger charge is -2.39. The summed E-state index contributed by atoms with van der Waals surface area (Å²) in [5.41, 5.74) is 2.67. The third-order valence-corrected chi connectivity index (χ3v) is 7.31. The van der Waals surface area contributed by atoms with E-state index in [-0.39, 0.29) is 0 Å². The van der Waals surface area contributed by atoms with Crippen LogP contribution in [0.3, 0.4) is 0 Å². The van der Waals surface area contributed by atoms with E-state index in [9.17, 15) is 4.79 Å². The summed E-state index contributed by atoms with van der Waals surface area (Å²) in [5, 5.41) is 0. The third kappa shape index (κ3) is 1.72. The minimum Gasteiger partial charge on any atom is -0.289 e. The minimum atomic E-state index is 0.330. The number of hydrogen-bond donors (Lipinski definition) is 0. The molecular formula is C20H28O. The van der Waals surface area contributed by atoms with Gasteiger partial charge in [-0.05, 0) is 66.3 Å². The highest BCUT2D eigenvalue weighted by Crippen LogP contribution is 2.71. The van der Waals surface area contributed by atoms with Crippen LogP contribution in [-0.4, -0.2) is 5.78 Å². The molecule has 0 spiro atoms. The van der Waals surface area contributed by atoms with Gasteiger partial charge in [-0.15, -0.1) is 0 Å². The van der Waals surface area contributed by atoms with E-state index in [0.717, 1.165) is 34.8 Å². The second-order valence-corrected chi connectivity index (χ2v) is 8.95. The first kappa shape index (κ1) is 13.8. The largest absolute Gasteiger partial charge is 0.289 e. The third-order valence-electron chi connectivity index (χ3n) is 7.31. The summed E-state index contributed by atoms with van der Waals surface area (Å²) in [6, 6.07) is 0. The summed E-state index contributed by atoms with van der Waals surface area (Å²) in [4.78, 5) is 12.5. The number of carbonyl (C=O) groups excluding carboxylic acids is 1. The van der Waals surface area contributed by atoms with Crippen LogP contribution in [0, 0.1) is 46.8 Å². The van der Waals surface area contributed by atoms with Crippen LogP contribution >= 0.6 is 0 Å². The molecule has 7 atom stereocenters. The summed E-state index contributed by atoms with van der Waals surface area (Å²) < 4.78 is 0. The fourth-order valence-electron chi connectivity index (χ4n) is 6.35. The lowest BCUT2D eigenvalue weighted by molar-refractivity contribution is -0.112. The van der Waals surface area contributed by atoms with Crippen molar-refractivity contribution in [2.75, 3.05) is 0 Å². The Morgan fingerprint density at radius 2 is 1.86 bits per heavy atom. The molecule has 4 aliphatic rings. The van der Waals surface area contributed by atoms with Gasteiger partial charge in [-0.2, -0.15) is 0 Å². The van der Waals surface area contributed by atoms with Crippen molar-refractivity contribution in [1.82, 2.24) is 0 Å². The van der Waals surface area contributed by atoms with Crippen molar-refractivity contribution in [2.45, 2.75) is 47.5 Å². The maximum absolute atomic E-state index is 12.5. The van der Waals surface area contributed by atoms with E-state index in [4.69, 9.17) is 0 Å². The van der Waals surface area contributed by atoms with Crippen LogP contribution in [-0.2, 0) is 4.79 Å². The van der Waals surface area contributed by atoms with Crippen LogP contribution in [0.2, 0.25) is 0 Å². The second-order valence-electron chi connectivity index (χ2n) is 8.95. The smallest absolute Gasteiger partial charge is 0.184 e. The zero-order valence-corrected chi connectivity index (χ0v) is 14.0. The number of carbonyl (C=O) groups is 1. The maximum Gasteiger partial charge on any atom is 0.184 e. The van der Waals surface area contributed by atoms with Crippen LogP contribution in [0.1, 0.15) is 47.5 Å². The zero-order valence-electron chi connectivity index (χ0n) is 14.0. The Kier molecular flexibility index (Phi) is 2.70. The average Bonchev–Trinajstić information content (AvgIpc) is 2.88. The highest BCUT2D eigenvalue weighted by atomic mass is 16.1. The van der Waals surface area contributed by atoms with Crippen molar-refractivity contribution < 1.29 is 4.79 Å². The molecule has 0 radical (unpaired) electrons. The van der Waals surface area contributed by atoms with E-state index in [1.807, 2.05) is 6.92 Å². The monoisotopic (exact) mass is 284 g/mol. The normalized spacial score (nSPS) is 50.3. The molecule has 0 N–H and O–H groups in total. The van der Waals surface area contributed by atoms with Gasteiger partial charge in [0.05, 0.1) is 0 Å².